The molecule has 140 valence electrons. The number of nitrogens with zero attached hydrogens (tertiary/aromatic N) is 2. The van der Waals surface area contributed by atoms with Gasteiger partial charge in [0.2, 0.25) is 0 Å². The predicted molar refractivity (Wildman–Crippen MR) is 105 cm³/mol. The van der Waals surface area contributed by atoms with Crippen molar-refractivity contribution in [2.24, 2.45) is 0 Å². The third kappa shape index (κ3) is 4.14. The molecule has 3 aromatic rings. The molecule has 1 fully saturated rings. The van der Waals surface area contributed by atoms with Gasteiger partial charge in [-0.1, -0.05) is 35.1 Å². The number of thiazole rings is 1. The normalized spacial score (nSPS) is 15.1. The van der Waals surface area contributed by atoms with Gasteiger partial charge in [0.1, 0.15) is 17.4 Å². The number of ether oxygens (including phenoxy) is 1. The molecule has 27 heavy (non-hydrogen) atoms. The SMILES string of the molecule is O=C(Nc1cccc(Cl)c1)N1CCC(Oc2nc3c(F)cccc3s2)CC1. The Hall–Kier alpha value is -2.38. The number of urea groups is 1. The molecule has 1 aliphatic heterocycles. The van der Waals surface area contributed by atoms with Gasteiger partial charge in [0.05, 0.1) is 4.70 Å². The van der Waals surface area contributed by atoms with Crippen LogP contribution in [0.15, 0.2) is 42.5 Å². The lowest BCUT2D eigenvalue weighted by Crippen LogP contribution is -2.43. The van der Waals surface area contributed by atoms with E-state index in [1.54, 1.807) is 35.2 Å². The number of carbonyl (C=O) groups excluding carboxylic acids is 1. The molecule has 1 aliphatic rings. The highest BCUT2D eigenvalue weighted by atomic mass is 35.5. The summed E-state index contributed by atoms with van der Waals surface area (Å²) in [6, 6.07) is 11.8. The number of nitrogens with one attached hydrogen (secondary N) is 1. The van der Waals surface area contributed by atoms with Gasteiger partial charge in [-0.15, -0.1) is 0 Å². The highest BCUT2D eigenvalue weighted by Crippen LogP contribution is 2.31. The highest BCUT2D eigenvalue weighted by Gasteiger charge is 2.25. The number of fused-ring (bicyclic) bond motifs is 1. The minimum atomic E-state index is -0.342. The zero-order valence-electron chi connectivity index (χ0n) is 14.3. The molecule has 1 N–H and O–H groups in total. The first kappa shape index (κ1) is 18.0. The molecule has 8 heteroatoms. The molecule has 0 radical (unpaired) electrons. The number of hydrogen-bond donors (Lipinski definition) is 1. The molecular weight excluding hydrogens is 389 g/mol. The lowest BCUT2D eigenvalue weighted by molar-refractivity contribution is 0.115. The fourth-order valence-electron chi connectivity index (χ4n) is 3.03. The number of amides is 2. The minimum Gasteiger partial charge on any atom is -0.467 e. The molecule has 0 unspecified atom stereocenters. The second kappa shape index (κ2) is 7.70. The number of benzene rings is 2. The maximum atomic E-state index is 13.8. The summed E-state index contributed by atoms with van der Waals surface area (Å²) in [5.74, 6) is -0.342. The Morgan fingerprint density at radius 2 is 2.04 bits per heavy atom. The standard InChI is InChI=1S/C19H17ClFN3O2S/c20-12-3-1-4-13(11-12)22-18(25)24-9-7-14(8-10-24)26-19-23-17-15(21)5-2-6-16(17)27-19/h1-6,11,14H,7-10H2,(H,22,25). The number of rotatable bonds is 3. The number of aromatic nitrogens is 1. The van der Waals surface area contributed by atoms with Crippen molar-refractivity contribution in [3.05, 3.63) is 53.3 Å². The van der Waals surface area contributed by atoms with Crippen LogP contribution < -0.4 is 10.1 Å². The average Bonchev–Trinajstić information content (AvgIpc) is 3.06. The summed E-state index contributed by atoms with van der Waals surface area (Å²) in [6.07, 6.45) is 1.35. The zero-order chi connectivity index (χ0) is 18.8. The summed E-state index contributed by atoms with van der Waals surface area (Å²) < 4.78 is 20.4. The van der Waals surface area contributed by atoms with Crippen LogP contribution in [0.5, 0.6) is 5.19 Å². The van der Waals surface area contributed by atoms with E-state index >= 15 is 0 Å². The van der Waals surface area contributed by atoms with Gasteiger partial charge in [0.15, 0.2) is 0 Å². The Morgan fingerprint density at radius 3 is 2.78 bits per heavy atom. The van der Waals surface area contributed by atoms with Gasteiger partial charge in [-0.3, -0.25) is 0 Å². The van der Waals surface area contributed by atoms with Crippen molar-refractivity contribution in [3.8, 4) is 5.19 Å². The van der Waals surface area contributed by atoms with E-state index in [4.69, 9.17) is 16.3 Å². The monoisotopic (exact) mass is 405 g/mol. The van der Waals surface area contributed by atoms with Crippen LogP contribution in [-0.4, -0.2) is 35.1 Å². The molecule has 5 nitrogen and oxygen atoms in total. The molecule has 0 atom stereocenters. The van der Waals surface area contributed by atoms with Crippen LogP contribution >= 0.6 is 22.9 Å². The Bertz CT molecular complexity index is 972. The van der Waals surface area contributed by atoms with Gasteiger partial charge in [0, 0.05) is 36.6 Å². The maximum absolute atomic E-state index is 13.8. The Balaban J connectivity index is 1.33. The summed E-state index contributed by atoms with van der Waals surface area (Å²) >= 11 is 7.28. The van der Waals surface area contributed by atoms with Gasteiger partial charge in [0.25, 0.3) is 5.19 Å². The summed E-state index contributed by atoms with van der Waals surface area (Å²) in [5, 5.41) is 3.90. The number of halogens is 2. The van der Waals surface area contributed by atoms with Crippen LogP contribution in [0, 0.1) is 5.82 Å². The molecule has 0 bridgehead atoms. The van der Waals surface area contributed by atoms with Gasteiger partial charge < -0.3 is 15.0 Å². The number of likely N-dealkylation sites (tertiary alicyclic amines) is 1. The smallest absolute Gasteiger partial charge is 0.321 e. The first-order valence-electron chi connectivity index (χ1n) is 8.62. The summed E-state index contributed by atoms with van der Waals surface area (Å²) in [6.45, 7) is 1.16. The van der Waals surface area contributed by atoms with Crippen molar-refractivity contribution < 1.29 is 13.9 Å². The Labute approximate surface area is 164 Å². The van der Waals surface area contributed by atoms with Crippen LogP contribution in [0.2, 0.25) is 5.02 Å². The molecule has 1 aromatic heterocycles. The fourth-order valence-corrected chi connectivity index (χ4v) is 4.12. The van der Waals surface area contributed by atoms with Crippen LogP contribution in [0.4, 0.5) is 14.9 Å². The molecule has 0 saturated carbocycles. The van der Waals surface area contributed by atoms with Crippen molar-refractivity contribution in [2.45, 2.75) is 18.9 Å². The first-order valence-corrected chi connectivity index (χ1v) is 9.81. The third-order valence-corrected chi connectivity index (χ3v) is 5.57. The number of hydrogen-bond acceptors (Lipinski definition) is 4. The zero-order valence-corrected chi connectivity index (χ0v) is 15.9. The maximum Gasteiger partial charge on any atom is 0.321 e. The number of para-hydroxylation sites is 1. The predicted octanol–water partition coefficient (Wildman–Crippen LogP) is 5.16. The minimum absolute atomic E-state index is 0.0381. The van der Waals surface area contributed by atoms with E-state index in [0.717, 1.165) is 4.70 Å². The molecule has 2 heterocycles. The van der Waals surface area contributed by atoms with E-state index in [0.29, 0.717) is 47.4 Å². The van der Waals surface area contributed by atoms with Crippen LogP contribution in [-0.2, 0) is 0 Å². The summed E-state index contributed by atoms with van der Waals surface area (Å²) in [5.41, 5.74) is 1.01. The quantitative estimate of drug-likeness (QED) is 0.654. The molecule has 0 spiro atoms. The number of piperidine rings is 1. The molecule has 1 saturated heterocycles. The largest absolute Gasteiger partial charge is 0.467 e. The van der Waals surface area contributed by atoms with Crippen molar-refractivity contribution in [2.75, 3.05) is 18.4 Å². The van der Waals surface area contributed by atoms with E-state index in [9.17, 15) is 9.18 Å². The fraction of sp³-hybridized carbons (Fsp3) is 0.263. The summed E-state index contributed by atoms with van der Waals surface area (Å²) in [7, 11) is 0. The molecule has 0 aliphatic carbocycles. The molecule has 4 rings (SSSR count). The summed E-state index contributed by atoms with van der Waals surface area (Å²) in [4.78, 5) is 18.4. The van der Waals surface area contributed by atoms with Crippen molar-refractivity contribution in [3.63, 3.8) is 0 Å². The van der Waals surface area contributed by atoms with Crippen LogP contribution in [0.3, 0.4) is 0 Å². The Kier molecular flexibility index (Phi) is 5.13. The van der Waals surface area contributed by atoms with Crippen molar-refractivity contribution in [1.82, 2.24) is 9.88 Å². The van der Waals surface area contributed by atoms with Gasteiger partial charge in [-0.05, 0) is 30.3 Å². The number of anilines is 1. The number of carbonyl (C=O) groups is 1. The lowest BCUT2D eigenvalue weighted by Gasteiger charge is -2.31. The van der Waals surface area contributed by atoms with E-state index in [1.165, 1.54) is 17.4 Å². The second-order valence-electron chi connectivity index (χ2n) is 6.31. The third-order valence-electron chi connectivity index (χ3n) is 4.42. The van der Waals surface area contributed by atoms with Gasteiger partial charge >= 0.3 is 6.03 Å². The van der Waals surface area contributed by atoms with Crippen molar-refractivity contribution in [1.29, 1.82) is 0 Å². The average molecular weight is 406 g/mol. The van der Waals surface area contributed by atoms with E-state index in [-0.39, 0.29) is 18.0 Å². The van der Waals surface area contributed by atoms with Crippen molar-refractivity contribution >= 4 is 44.9 Å². The highest BCUT2D eigenvalue weighted by molar-refractivity contribution is 7.20. The van der Waals surface area contributed by atoms with E-state index in [2.05, 4.69) is 10.3 Å². The lowest BCUT2D eigenvalue weighted by atomic mass is 10.1. The molecule has 2 amide bonds. The molecular formula is C19H17ClFN3O2S. The van der Waals surface area contributed by atoms with Gasteiger partial charge in [-0.2, -0.15) is 4.98 Å². The molecule has 2 aromatic carbocycles. The van der Waals surface area contributed by atoms with Crippen LogP contribution in [0.25, 0.3) is 10.2 Å². The first-order chi connectivity index (χ1) is 13.1. The van der Waals surface area contributed by atoms with E-state index in [1.807, 2.05) is 6.07 Å². The van der Waals surface area contributed by atoms with Gasteiger partial charge in [-0.25, -0.2) is 9.18 Å². The second-order valence-corrected chi connectivity index (χ2v) is 7.74. The topological polar surface area (TPSA) is 54.5 Å². The Morgan fingerprint density at radius 1 is 1.26 bits per heavy atom. The van der Waals surface area contributed by atoms with E-state index < -0.39 is 0 Å². The van der Waals surface area contributed by atoms with Crippen LogP contribution in [0.1, 0.15) is 12.8 Å².